The molecule has 3 heteroatoms. The quantitative estimate of drug-likeness (QED) is 0.871. The Labute approximate surface area is 101 Å². The van der Waals surface area contributed by atoms with Crippen LogP contribution in [0.2, 0.25) is 0 Å². The molecule has 2 rings (SSSR count). The van der Waals surface area contributed by atoms with Crippen LogP contribution in [0.4, 0.5) is 0 Å². The number of ether oxygens (including phenoxy) is 1. The molecular formula is C14H18O3. The molecule has 3 nitrogen and oxygen atoms in total. The van der Waals surface area contributed by atoms with Gasteiger partial charge in [-0.05, 0) is 42.9 Å². The summed E-state index contributed by atoms with van der Waals surface area (Å²) in [4.78, 5) is 11.2. The number of carboxylic acids is 1. The minimum atomic E-state index is -0.648. The van der Waals surface area contributed by atoms with Gasteiger partial charge in [0.05, 0.1) is 12.5 Å². The van der Waals surface area contributed by atoms with Crippen LogP contribution < -0.4 is 4.74 Å². The minimum Gasteiger partial charge on any atom is -0.497 e. The molecule has 0 radical (unpaired) electrons. The summed E-state index contributed by atoms with van der Waals surface area (Å²) in [5.74, 6) is 0.579. The molecule has 1 aromatic carbocycles. The van der Waals surface area contributed by atoms with Crippen LogP contribution in [0.15, 0.2) is 24.3 Å². The number of aliphatic carboxylic acids is 1. The van der Waals surface area contributed by atoms with E-state index in [1.165, 1.54) is 5.56 Å². The fourth-order valence-electron chi connectivity index (χ4n) is 2.61. The highest BCUT2D eigenvalue weighted by Gasteiger charge is 2.49. The minimum absolute atomic E-state index is 0.386. The third-order valence-electron chi connectivity index (χ3n) is 3.99. The summed E-state index contributed by atoms with van der Waals surface area (Å²) in [6.45, 7) is 1.96. The molecular weight excluding hydrogens is 216 g/mol. The SMILES string of the molecule is CCC1(C(=O)O)CC(c2ccc(OC)cc2)C1. The molecule has 1 aliphatic carbocycles. The van der Waals surface area contributed by atoms with Crippen LogP contribution in [0, 0.1) is 5.41 Å². The number of hydrogen-bond donors (Lipinski definition) is 1. The zero-order chi connectivity index (χ0) is 12.5. The Morgan fingerprint density at radius 1 is 1.41 bits per heavy atom. The van der Waals surface area contributed by atoms with E-state index < -0.39 is 11.4 Å². The van der Waals surface area contributed by atoms with E-state index in [0.29, 0.717) is 5.92 Å². The van der Waals surface area contributed by atoms with Crippen molar-refractivity contribution >= 4 is 5.97 Å². The summed E-state index contributed by atoms with van der Waals surface area (Å²) < 4.78 is 5.11. The van der Waals surface area contributed by atoms with Crippen LogP contribution in [0.5, 0.6) is 5.75 Å². The summed E-state index contributed by atoms with van der Waals surface area (Å²) >= 11 is 0. The van der Waals surface area contributed by atoms with Crippen molar-refractivity contribution in [3.05, 3.63) is 29.8 Å². The van der Waals surface area contributed by atoms with Gasteiger partial charge in [0.1, 0.15) is 5.75 Å². The van der Waals surface area contributed by atoms with Gasteiger partial charge in [-0.3, -0.25) is 4.79 Å². The molecule has 1 saturated carbocycles. The molecule has 1 N–H and O–H groups in total. The van der Waals surface area contributed by atoms with Crippen molar-refractivity contribution in [2.24, 2.45) is 5.41 Å². The molecule has 17 heavy (non-hydrogen) atoms. The summed E-state index contributed by atoms with van der Waals surface area (Å²) in [6, 6.07) is 7.93. The average Bonchev–Trinajstić information content (AvgIpc) is 2.29. The van der Waals surface area contributed by atoms with Crippen LogP contribution in [0.1, 0.15) is 37.7 Å². The molecule has 0 heterocycles. The Morgan fingerprint density at radius 3 is 2.41 bits per heavy atom. The van der Waals surface area contributed by atoms with Crippen LogP contribution in [0.3, 0.4) is 0 Å². The van der Waals surface area contributed by atoms with Gasteiger partial charge in [-0.2, -0.15) is 0 Å². The molecule has 0 aromatic heterocycles. The third kappa shape index (κ3) is 2.02. The zero-order valence-electron chi connectivity index (χ0n) is 10.3. The fraction of sp³-hybridized carbons (Fsp3) is 0.500. The predicted molar refractivity (Wildman–Crippen MR) is 65.3 cm³/mol. The van der Waals surface area contributed by atoms with Gasteiger partial charge < -0.3 is 9.84 Å². The maximum absolute atomic E-state index is 11.2. The Bertz CT molecular complexity index is 402. The fourth-order valence-corrected chi connectivity index (χ4v) is 2.61. The first-order chi connectivity index (χ1) is 8.11. The molecule has 0 aliphatic heterocycles. The lowest BCUT2D eigenvalue weighted by atomic mass is 9.59. The van der Waals surface area contributed by atoms with Crippen LogP contribution in [-0.4, -0.2) is 18.2 Å². The number of carbonyl (C=O) groups is 1. The van der Waals surface area contributed by atoms with Gasteiger partial charge >= 0.3 is 5.97 Å². The Hall–Kier alpha value is -1.51. The van der Waals surface area contributed by atoms with Gasteiger partial charge in [0, 0.05) is 0 Å². The Balaban J connectivity index is 2.05. The van der Waals surface area contributed by atoms with Crippen molar-refractivity contribution in [3.8, 4) is 5.75 Å². The van der Waals surface area contributed by atoms with Crippen LogP contribution >= 0.6 is 0 Å². The smallest absolute Gasteiger partial charge is 0.309 e. The first kappa shape index (κ1) is 12.0. The largest absolute Gasteiger partial charge is 0.497 e. The second kappa shape index (κ2) is 4.40. The molecule has 92 valence electrons. The molecule has 0 atom stereocenters. The maximum atomic E-state index is 11.2. The molecule has 1 aliphatic rings. The van der Waals surface area contributed by atoms with Crippen molar-refractivity contribution < 1.29 is 14.6 Å². The van der Waals surface area contributed by atoms with Crippen molar-refractivity contribution in [2.75, 3.05) is 7.11 Å². The van der Waals surface area contributed by atoms with Gasteiger partial charge in [-0.1, -0.05) is 19.1 Å². The lowest BCUT2D eigenvalue weighted by Gasteiger charge is -2.44. The lowest BCUT2D eigenvalue weighted by molar-refractivity contribution is -0.156. The molecule has 0 amide bonds. The number of benzene rings is 1. The van der Waals surface area contributed by atoms with Crippen molar-refractivity contribution in [1.29, 1.82) is 0 Å². The topological polar surface area (TPSA) is 46.5 Å². The standard InChI is InChI=1S/C14H18O3/c1-3-14(13(15)16)8-11(9-14)10-4-6-12(17-2)7-5-10/h4-7,11H,3,8-9H2,1-2H3,(H,15,16). The van der Waals surface area contributed by atoms with Crippen molar-refractivity contribution in [3.63, 3.8) is 0 Å². The normalized spacial score (nSPS) is 27.3. The maximum Gasteiger partial charge on any atom is 0.309 e. The van der Waals surface area contributed by atoms with Gasteiger partial charge in [-0.25, -0.2) is 0 Å². The molecule has 0 unspecified atom stereocenters. The summed E-state index contributed by atoms with van der Waals surface area (Å²) in [7, 11) is 1.64. The van der Waals surface area contributed by atoms with Gasteiger partial charge in [0.25, 0.3) is 0 Å². The van der Waals surface area contributed by atoms with E-state index in [1.54, 1.807) is 7.11 Å². The van der Waals surface area contributed by atoms with E-state index in [9.17, 15) is 9.90 Å². The van der Waals surface area contributed by atoms with Crippen LogP contribution in [-0.2, 0) is 4.79 Å². The summed E-state index contributed by atoms with van der Waals surface area (Å²) in [6.07, 6.45) is 2.23. The molecule has 1 aromatic rings. The monoisotopic (exact) mass is 234 g/mol. The molecule has 0 bridgehead atoms. The highest BCUT2D eigenvalue weighted by molar-refractivity contribution is 5.76. The van der Waals surface area contributed by atoms with Crippen LogP contribution in [0.25, 0.3) is 0 Å². The third-order valence-corrected chi connectivity index (χ3v) is 3.99. The number of hydrogen-bond acceptors (Lipinski definition) is 2. The predicted octanol–water partition coefficient (Wildman–Crippen LogP) is 3.05. The first-order valence-electron chi connectivity index (χ1n) is 5.98. The average molecular weight is 234 g/mol. The molecule has 0 saturated heterocycles. The van der Waals surface area contributed by atoms with E-state index in [0.717, 1.165) is 25.0 Å². The van der Waals surface area contributed by atoms with E-state index in [-0.39, 0.29) is 0 Å². The van der Waals surface area contributed by atoms with Gasteiger partial charge in [0.2, 0.25) is 0 Å². The molecule has 0 spiro atoms. The number of methoxy groups -OCH3 is 1. The lowest BCUT2D eigenvalue weighted by Crippen LogP contribution is -2.42. The van der Waals surface area contributed by atoms with E-state index >= 15 is 0 Å². The highest BCUT2D eigenvalue weighted by Crippen LogP contribution is 2.53. The van der Waals surface area contributed by atoms with Gasteiger partial charge in [-0.15, -0.1) is 0 Å². The van der Waals surface area contributed by atoms with E-state index in [1.807, 2.05) is 31.2 Å². The first-order valence-corrected chi connectivity index (χ1v) is 5.98. The van der Waals surface area contributed by atoms with E-state index in [2.05, 4.69) is 0 Å². The Kier molecular flexibility index (Phi) is 3.09. The van der Waals surface area contributed by atoms with Gasteiger partial charge in [0.15, 0.2) is 0 Å². The highest BCUT2D eigenvalue weighted by atomic mass is 16.5. The zero-order valence-corrected chi connectivity index (χ0v) is 10.3. The molecule has 1 fully saturated rings. The second-order valence-electron chi connectivity index (χ2n) is 4.82. The van der Waals surface area contributed by atoms with E-state index in [4.69, 9.17) is 4.74 Å². The van der Waals surface area contributed by atoms with Crippen molar-refractivity contribution in [1.82, 2.24) is 0 Å². The second-order valence-corrected chi connectivity index (χ2v) is 4.82. The number of rotatable bonds is 4. The summed E-state index contributed by atoms with van der Waals surface area (Å²) in [5.41, 5.74) is 0.737. The Morgan fingerprint density at radius 2 is 2.00 bits per heavy atom. The number of carboxylic acid groups (broad SMARTS) is 1. The van der Waals surface area contributed by atoms with Crippen molar-refractivity contribution in [2.45, 2.75) is 32.1 Å². The summed E-state index contributed by atoms with van der Waals surface area (Å²) in [5, 5.41) is 9.21.